The zero-order chi connectivity index (χ0) is 23.7. The van der Waals surface area contributed by atoms with Crippen LogP contribution in [0.4, 0.5) is 10.5 Å². The average Bonchev–Trinajstić information content (AvgIpc) is 3.57. The van der Waals surface area contributed by atoms with Crippen molar-refractivity contribution < 1.29 is 14.1 Å². The van der Waals surface area contributed by atoms with E-state index < -0.39 is 6.04 Å². The Morgan fingerprint density at radius 3 is 2.53 bits per heavy atom. The van der Waals surface area contributed by atoms with Crippen LogP contribution in [0.1, 0.15) is 36.9 Å². The molecule has 0 bridgehead atoms. The summed E-state index contributed by atoms with van der Waals surface area (Å²) in [6.45, 7) is 4.02. The molecule has 1 unspecified atom stereocenters. The van der Waals surface area contributed by atoms with Crippen LogP contribution in [-0.2, 0) is 6.42 Å². The van der Waals surface area contributed by atoms with Crippen molar-refractivity contribution >= 4 is 28.6 Å². The fraction of sp³-hybridized carbons (Fsp3) is 0.192. The molecule has 172 valence electrons. The van der Waals surface area contributed by atoms with Gasteiger partial charge in [0.1, 0.15) is 5.75 Å². The van der Waals surface area contributed by atoms with Gasteiger partial charge in [-0.25, -0.2) is 4.79 Å². The fourth-order valence-corrected chi connectivity index (χ4v) is 4.75. The molecule has 4 aromatic rings. The molecular formula is C26H24N4O3S. The molecule has 1 aliphatic rings. The van der Waals surface area contributed by atoms with Crippen molar-refractivity contribution in [2.24, 2.45) is 0 Å². The summed E-state index contributed by atoms with van der Waals surface area (Å²) in [5.74, 6) is 1.62. The van der Waals surface area contributed by atoms with Crippen LogP contribution < -0.4 is 15.0 Å². The van der Waals surface area contributed by atoms with Gasteiger partial charge in [0.15, 0.2) is 0 Å². The molecule has 0 saturated heterocycles. The van der Waals surface area contributed by atoms with Crippen LogP contribution in [0.3, 0.4) is 0 Å². The third kappa shape index (κ3) is 3.97. The quantitative estimate of drug-likeness (QED) is 0.368. The number of urea groups is 1. The van der Waals surface area contributed by atoms with E-state index in [2.05, 4.69) is 29.5 Å². The van der Waals surface area contributed by atoms with E-state index >= 15 is 0 Å². The maximum atomic E-state index is 13.3. The molecule has 1 atom stereocenters. The summed E-state index contributed by atoms with van der Waals surface area (Å²) in [4.78, 5) is 20.6. The molecule has 2 aromatic heterocycles. The Balaban J connectivity index is 1.63. The molecule has 5 rings (SSSR count). The first kappa shape index (κ1) is 21.9. The number of rotatable bonds is 6. The Morgan fingerprint density at radius 1 is 1.12 bits per heavy atom. The predicted molar refractivity (Wildman–Crippen MR) is 133 cm³/mol. The average molecular weight is 473 g/mol. The lowest BCUT2D eigenvalue weighted by Gasteiger charge is -2.35. The summed E-state index contributed by atoms with van der Waals surface area (Å²) in [6, 6.07) is 18.8. The molecule has 0 spiro atoms. The van der Waals surface area contributed by atoms with Crippen LogP contribution in [0.2, 0.25) is 0 Å². The molecule has 2 amide bonds. The smallest absolute Gasteiger partial charge is 0.326 e. The summed E-state index contributed by atoms with van der Waals surface area (Å²) in [7, 11) is 1.61. The molecule has 0 fully saturated rings. The minimum Gasteiger partial charge on any atom is -0.497 e. The Labute approximate surface area is 201 Å². The Kier molecular flexibility index (Phi) is 5.90. The maximum absolute atomic E-state index is 13.3. The van der Waals surface area contributed by atoms with Crippen LogP contribution in [-0.4, -0.2) is 23.3 Å². The van der Waals surface area contributed by atoms with Gasteiger partial charge in [-0.1, -0.05) is 42.4 Å². The SMILES string of the molecule is CCc1ccc(C2NC(=O)N(c3ccc(OC)cc3)C(C)=C2c2nc(-c3cccs3)no2)cc1. The second kappa shape index (κ2) is 9.15. The van der Waals surface area contributed by atoms with Gasteiger partial charge in [-0.2, -0.15) is 4.98 Å². The largest absolute Gasteiger partial charge is 0.497 e. The van der Waals surface area contributed by atoms with Gasteiger partial charge in [-0.15, -0.1) is 11.3 Å². The van der Waals surface area contributed by atoms with Gasteiger partial charge < -0.3 is 14.6 Å². The molecule has 34 heavy (non-hydrogen) atoms. The van der Waals surface area contributed by atoms with Gasteiger partial charge >= 0.3 is 6.03 Å². The molecule has 2 aromatic carbocycles. The molecule has 0 radical (unpaired) electrons. The molecule has 0 saturated carbocycles. The van der Waals surface area contributed by atoms with E-state index in [1.165, 1.54) is 5.56 Å². The van der Waals surface area contributed by atoms with Crippen LogP contribution in [0.25, 0.3) is 16.3 Å². The monoisotopic (exact) mass is 472 g/mol. The second-order valence-corrected chi connectivity index (χ2v) is 8.86. The summed E-state index contributed by atoms with van der Waals surface area (Å²) < 4.78 is 11.0. The minimum atomic E-state index is -0.426. The van der Waals surface area contributed by atoms with E-state index in [1.54, 1.807) is 23.3 Å². The molecule has 0 aliphatic carbocycles. The standard InChI is InChI=1S/C26H24N4O3S/c1-4-17-7-9-18(10-8-17)23-22(25-28-24(29-33-25)21-6-5-15-34-21)16(2)30(26(31)27-23)19-11-13-20(32-3)14-12-19/h5-15,23H,4H2,1-3H3,(H,27,31). The Bertz CT molecular complexity index is 1330. The second-order valence-electron chi connectivity index (χ2n) is 7.91. The highest BCUT2D eigenvalue weighted by atomic mass is 32.1. The number of aromatic nitrogens is 2. The normalized spacial score (nSPS) is 16.0. The zero-order valence-electron chi connectivity index (χ0n) is 19.1. The van der Waals surface area contributed by atoms with Crippen molar-refractivity contribution in [1.82, 2.24) is 15.5 Å². The summed E-state index contributed by atoms with van der Waals surface area (Å²) in [5, 5.41) is 9.32. The topological polar surface area (TPSA) is 80.5 Å². The van der Waals surface area contributed by atoms with E-state index in [9.17, 15) is 4.79 Å². The van der Waals surface area contributed by atoms with E-state index in [0.717, 1.165) is 33.9 Å². The number of nitrogens with one attached hydrogen (secondary N) is 1. The maximum Gasteiger partial charge on any atom is 0.326 e. The number of anilines is 1. The van der Waals surface area contributed by atoms with Crippen molar-refractivity contribution in [2.75, 3.05) is 12.0 Å². The van der Waals surface area contributed by atoms with Crippen LogP contribution >= 0.6 is 11.3 Å². The lowest BCUT2D eigenvalue weighted by molar-refractivity contribution is 0.244. The van der Waals surface area contributed by atoms with Crippen LogP contribution in [0.5, 0.6) is 5.75 Å². The first-order valence-electron chi connectivity index (χ1n) is 11.0. The third-order valence-corrected chi connectivity index (χ3v) is 6.80. The van der Waals surface area contributed by atoms with E-state index in [1.807, 2.05) is 60.8 Å². The Morgan fingerprint density at radius 2 is 1.88 bits per heavy atom. The predicted octanol–water partition coefficient (Wildman–Crippen LogP) is 6.07. The number of thiophene rings is 1. The molecular weight excluding hydrogens is 448 g/mol. The molecule has 8 heteroatoms. The molecule has 1 N–H and O–H groups in total. The summed E-state index contributed by atoms with van der Waals surface area (Å²) >= 11 is 1.55. The van der Waals surface area contributed by atoms with Gasteiger partial charge in [0, 0.05) is 5.70 Å². The number of hydrogen-bond acceptors (Lipinski definition) is 6. The van der Waals surface area contributed by atoms with Gasteiger partial charge in [-0.3, -0.25) is 4.90 Å². The van der Waals surface area contributed by atoms with Crippen LogP contribution in [0, 0.1) is 0 Å². The number of carbonyl (C=O) groups is 1. The highest BCUT2D eigenvalue weighted by molar-refractivity contribution is 7.13. The number of hydrogen-bond donors (Lipinski definition) is 1. The number of methoxy groups -OCH3 is 1. The molecule has 3 heterocycles. The van der Waals surface area contributed by atoms with Crippen molar-refractivity contribution in [3.8, 4) is 16.5 Å². The van der Waals surface area contributed by atoms with Crippen molar-refractivity contribution in [3.05, 3.63) is 88.8 Å². The highest BCUT2D eigenvalue weighted by Crippen LogP contribution is 2.39. The number of nitrogens with zero attached hydrogens (tertiary/aromatic N) is 3. The first-order valence-corrected chi connectivity index (χ1v) is 11.9. The van der Waals surface area contributed by atoms with Crippen molar-refractivity contribution in [2.45, 2.75) is 26.3 Å². The van der Waals surface area contributed by atoms with Gasteiger partial charge in [0.05, 0.1) is 29.3 Å². The fourth-order valence-electron chi connectivity index (χ4n) is 4.10. The first-order chi connectivity index (χ1) is 16.6. The third-order valence-electron chi connectivity index (χ3n) is 5.93. The summed E-state index contributed by atoms with van der Waals surface area (Å²) in [6.07, 6.45) is 0.943. The number of ether oxygens (including phenoxy) is 1. The number of aryl methyl sites for hydroxylation is 1. The molecule has 7 nitrogen and oxygen atoms in total. The summed E-state index contributed by atoms with van der Waals surface area (Å²) in [5.41, 5.74) is 4.37. The number of carbonyl (C=O) groups excluding carboxylic acids is 1. The zero-order valence-corrected chi connectivity index (χ0v) is 19.9. The van der Waals surface area contributed by atoms with Crippen LogP contribution in [0.15, 0.2) is 76.3 Å². The van der Waals surface area contributed by atoms with Gasteiger partial charge in [0.2, 0.25) is 5.82 Å². The number of amides is 2. The van der Waals surface area contributed by atoms with Gasteiger partial charge in [-0.05, 0) is 60.2 Å². The van der Waals surface area contributed by atoms with Crippen molar-refractivity contribution in [3.63, 3.8) is 0 Å². The highest BCUT2D eigenvalue weighted by Gasteiger charge is 2.36. The number of benzene rings is 2. The van der Waals surface area contributed by atoms with E-state index in [0.29, 0.717) is 17.4 Å². The Hall–Kier alpha value is -3.91. The van der Waals surface area contributed by atoms with Crippen molar-refractivity contribution in [1.29, 1.82) is 0 Å². The van der Waals surface area contributed by atoms with E-state index in [4.69, 9.17) is 14.2 Å². The van der Waals surface area contributed by atoms with E-state index in [-0.39, 0.29) is 6.03 Å². The van der Waals surface area contributed by atoms with Gasteiger partial charge in [0.25, 0.3) is 5.89 Å². The lowest BCUT2D eigenvalue weighted by Crippen LogP contribution is -2.46. The minimum absolute atomic E-state index is 0.228. The molecule has 1 aliphatic heterocycles. The lowest BCUT2D eigenvalue weighted by atomic mass is 9.93. The number of allylic oxidation sites excluding steroid dienone is 1.